The van der Waals surface area contributed by atoms with E-state index in [0.29, 0.717) is 17.2 Å². The molecule has 65 heavy (non-hydrogen) atoms. The van der Waals surface area contributed by atoms with Crippen LogP contribution in [0.1, 0.15) is 37.7 Å². The molecule has 11 aromatic rings. The van der Waals surface area contributed by atoms with Crippen LogP contribution in [0, 0.1) is 0 Å². The van der Waals surface area contributed by atoms with Gasteiger partial charge in [-0.25, -0.2) is 4.99 Å². The Kier molecular flexibility index (Phi) is 12.2. The Morgan fingerprint density at radius 1 is 0.477 bits per heavy atom. The number of para-hydroxylation sites is 3. The van der Waals surface area contributed by atoms with Gasteiger partial charge in [-0.15, -0.1) is 0 Å². The van der Waals surface area contributed by atoms with Crippen molar-refractivity contribution in [1.29, 1.82) is 0 Å². The minimum atomic E-state index is 0.400. The number of hydrogen-bond acceptors (Lipinski definition) is 3. The van der Waals surface area contributed by atoms with Crippen LogP contribution in [0.25, 0.3) is 82.9 Å². The molecule has 0 fully saturated rings. The number of amidine groups is 1. The highest BCUT2D eigenvalue weighted by Gasteiger charge is 2.16. The van der Waals surface area contributed by atoms with E-state index in [2.05, 4.69) is 189 Å². The first kappa shape index (κ1) is 42.0. The van der Waals surface area contributed by atoms with E-state index in [1.165, 1.54) is 43.7 Å². The molecule has 0 unspecified atom stereocenters. The number of nitrogens with zero attached hydrogens (tertiary/aromatic N) is 5. The molecule has 0 spiro atoms. The molecule has 7 aromatic carbocycles. The monoisotopic (exact) mass is 842 g/mol. The van der Waals surface area contributed by atoms with Crippen LogP contribution in [0.15, 0.2) is 224 Å². The zero-order valence-electron chi connectivity index (χ0n) is 36.9. The number of rotatable bonds is 8. The molecule has 4 aromatic heterocycles. The molecule has 0 aliphatic heterocycles. The van der Waals surface area contributed by atoms with E-state index >= 15 is 0 Å². The van der Waals surface area contributed by atoms with Crippen LogP contribution in [0.3, 0.4) is 0 Å². The molecule has 316 valence electrons. The summed E-state index contributed by atoms with van der Waals surface area (Å²) >= 11 is 0. The van der Waals surface area contributed by atoms with Gasteiger partial charge in [0, 0.05) is 56.6 Å². The second kappa shape index (κ2) is 19.0. The van der Waals surface area contributed by atoms with Gasteiger partial charge >= 0.3 is 0 Å². The molecule has 0 saturated carbocycles. The second-order valence-corrected chi connectivity index (χ2v) is 15.5. The van der Waals surface area contributed by atoms with Gasteiger partial charge in [-0.2, -0.15) is 0 Å². The molecule has 0 radical (unpaired) electrons. The van der Waals surface area contributed by atoms with Crippen LogP contribution in [0.4, 0.5) is 0 Å². The average Bonchev–Trinajstić information content (AvgIpc) is 3.90. The zero-order chi connectivity index (χ0) is 44.7. The lowest BCUT2D eigenvalue weighted by Gasteiger charge is -2.11. The lowest BCUT2D eigenvalue weighted by molar-refractivity contribution is 1.04. The average molecular weight is 843 g/mol. The van der Waals surface area contributed by atoms with Crippen molar-refractivity contribution >= 4 is 55.1 Å². The lowest BCUT2D eigenvalue weighted by atomic mass is 10.0. The van der Waals surface area contributed by atoms with E-state index in [0.717, 1.165) is 51.2 Å². The summed E-state index contributed by atoms with van der Waals surface area (Å²) in [4.78, 5) is 13.0. The molecule has 11 rings (SSSR count). The van der Waals surface area contributed by atoms with E-state index in [4.69, 9.17) is 5.73 Å². The largest absolute Gasteiger partial charge is 0.383 e. The molecule has 0 aliphatic rings. The summed E-state index contributed by atoms with van der Waals surface area (Å²) < 4.78 is 4.72. The van der Waals surface area contributed by atoms with Crippen molar-refractivity contribution in [2.24, 2.45) is 10.7 Å². The van der Waals surface area contributed by atoms with Gasteiger partial charge in [0.15, 0.2) is 0 Å². The molecular weight excluding hydrogens is 793 g/mol. The first-order chi connectivity index (χ1) is 32.0. The van der Waals surface area contributed by atoms with Crippen LogP contribution in [-0.4, -0.2) is 24.9 Å². The Morgan fingerprint density at radius 3 is 1.55 bits per heavy atom. The molecule has 0 amide bonds. The van der Waals surface area contributed by atoms with Gasteiger partial charge in [-0.05, 0) is 120 Å². The Labute approximate surface area is 380 Å². The van der Waals surface area contributed by atoms with Crippen LogP contribution in [0.5, 0.6) is 0 Å². The van der Waals surface area contributed by atoms with E-state index < -0.39 is 0 Å². The van der Waals surface area contributed by atoms with Crippen LogP contribution >= 0.6 is 0 Å². The lowest BCUT2D eigenvalue weighted by Crippen LogP contribution is -2.13. The van der Waals surface area contributed by atoms with Gasteiger partial charge in [0.25, 0.3) is 0 Å². The summed E-state index contributed by atoms with van der Waals surface area (Å²) in [6.07, 6.45) is 4.57. The first-order valence-electron chi connectivity index (χ1n) is 22.2. The maximum Gasteiger partial charge on any atom is 0.131 e. The zero-order valence-corrected chi connectivity index (χ0v) is 36.9. The Balaban J connectivity index is 0.000000479. The SMILES string of the molecule is C=C(N=C(N)c1cccc(-c2ccc3c(c2)c2ccccc2n3-c2ccc(-c3ccc4c(c3)c3ccccc3n4-c3ccccc3)cc2)c1)c1ccccn1.CC.CCc1ccccn1. The summed E-state index contributed by atoms with van der Waals surface area (Å²) in [6.45, 7) is 10.2. The van der Waals surface area contributed by atoms with Crippen LogP contribution < -0.4 is 5.73 Å². The third kappa shape index (κ3) is 8.45. The summed E-state index contributed by atoms with van der Waals surface area (Å²) in [6, 6.07) is 70.2. The summed E-state index contributed by atoms with van der Waals surface area (Å²) in [5.41, 5.74) is 21.2. The Hall–Kier alpha value is -8.35. The number of nitrogens with two attached hydrogens (primary N) is 1. The maximum absolute atomic E-state index is 6.49. The van der Waals surface area contributed by atoms with Crippen LogP contribution in [-0.2, 0) is 6.42 Å². The van der Waals surface area contributed by atoms with E-state index in [1.807, 2.05) is 68.6 Å². The third-order valence-corrected chi connectivity index (χ3v) is 11.6. The van der Waals surface area contributed by atoms with Crippen molar-refractivity contribution in [3.8, 4) is 33.6 Å². The molecule has 0 atom stereocenters. The number of fused-ring (bicyclic) bond motifs is 6. The van der Waals surface area contributed by atoms with E-state index in [1.54, 1.807) is 6.20 Å². The topological polar surface area (TPSA) is 74.0 Å². The van der Waals surface area contributed by atoms with Crippen molar-refractivity contribution in [3.05, 3.63) is 236 Å². The van der Waals surface area contributed by atoms with Crippen molar-refractivity contribution < 1.29 is 0 Å². The van der Waals surface area contributed by atoms with E-state index in [-0.39, 0.29) is 0 Å². The standard InChI is InChI=1S/C50H35N5.C7H9N.C2H6/c1-33(45-18-9-10-29-52-45)53-50(51)38-13-11-12-35(30-38)37-24-28-49-44(32-37)42-17-6-8-20-47(42)55(49)40-25-21-34(22-26-40)36-23-27-48-43(31-36)41-16-5-7-19-46(41)54(48)39-14-3-2-4-15-39;1-2-7-5-3-4-6-8-7;1-2/h2-32H,1H2,(H2,51,53);3-6H,2H2,1H3;1-2H3. The smallest absolute Gasteiger partial charge is 0.131 e. The predicted octanol–water partition coefficient (Wildman–Crippen LogP) is 14.7. The Morgan fingerprint density at radius 2 is 0.985 bits per heavy atom. The highest BCUT2D eigenvalue weighted by Crippen LogP contribution is 2.38. The normalized spacial score (nSPS) is 11.3. The van der Waals surface area contributed by atoms with Crippen LogP contribution in [0.2, 0.25) is 0 Å². The molecule has 2 N–H and O–H groups in total. The Bertz CT molecular complexity index is 3440. The molecule has 0 bridgehead atoms. The minimum absolute atomic E-state index is 0.400. The number of benzene rings is 7. The summed E-state index contributed by atoms with van der Waals surface area (Å²) in [5.74, 6) is 0.400. The number of pyridine rings is 2. The van der Waals surface area contributed by atoms with E-state index in [9.17, 15) is 0 Å². The van der Waals surface area contributed by atoms with Crippen molar-refractivity contribution in [2.75, 3.05) is 0 Å². The number of aryl methyl sites for hydroxylation is 1. The fraction of sp³-hybridized carbons (Fsp3) is 0.0678. The van der Waals surface area contributed by atoms with Gasteiger partial charge < -0.3 is 14.9 Å². The molecule has 0 aliphatic carbocycles. The minimum Gasteiger partial charge on any atom is -0.383 e. The van der Waals surface area contributed by atoms with Crippen molar-refractivity contribution in [1.82, 2.24) is 19.1 Å². The molecule has 0 saturated heterocycles. The predicted molar refractivity (Wildman–Crippen MR) is 275 cm³/mol. The number of hydrogen-bond donors (Lipinski definition) is 1. The molecular formula is C59H50N6. The third-order valence-electron chi connectivity index (χ3n) is 11.6. The highest BCUT2D eigenvalue weighted by molar-refractivity contribution is 6.12. The maximum atomic E-state index is 6.49. The first-order valence-corrected chi connectivity index (χ1v) is 22.2. The second-order valence-electron chi connectivity index (χ2n) is 15.5. The van der Waals surface area contributed by atoms with Gasteiger partial charge in [0.1, 0.15) is 5.84 Å². The van der Waals surface area contributed by atoms with Gasteiger partial charge in [0.05, 0.1) is 33.5 Å². The number of aromatic nitrogens is 4. The van der Waals surface area contributed by atoms with Gasteiger partial charge in [-0.1, -0.05) is 137 Å². The van der Waals surface area contributed by atoms with Crippen molar-refractivity contribution in [3.63, 3.8) is 0 Å². The van der Waals surface area contributed by atoms with Gasteiger partial charge in [0.2, 0.25) is 0 Å². The quantitative estimate of drug-likeness (QED) is 0.122. The highest BCUT2D eigenvalue weighted by atomic mass is 15.0. The van der Waals surface area contributed by atoms with Crippen molar-refractivity contribution in [2.45, 2.75) is 27.2 Å². The summed E-state index contributed by atoms with van der Waals surface area (Å²) in [7, 11) is 0. The molecule has 6 nitrogen and oxygen atoms in total. The molecule has 4 heterocycles. The molecule has 6 heteroatoms. The number of aliphatic imine (C=N–C) groups is 1. The summed E-state index contributed by atoms with van der Waals surface area (Å²) in [5, 5.41) is 4.88. The fourth-order valence-corrected chi connectivity index (χ4v) is 8.51. The van der Waals surface area contributed by atoms with Gasteiger partial charge in [-0.3, -0.25) is 9.97 Å². The fourth-order valence-electron chi connectivity index (χ4n) is 8.51.